The second kappa shape index (κ2) is 5.30. The standard InChI is InChI=1S/C12H16N4OS/c1-8(2)16-11(13)14-15-12(16)18-7-9-3-5-10(17)6-4-9/h3-6,8,17H,7H2,1-2H3,(H2,13,14). The van der Waals surface area contributed by atoms with Crippen LogP contribution >= 0.6 is 11.8 Å². The van der Waals surface area contributed by atoms with E-state index in [1.54, 1.807) is 23.9 Å². The van der Waals surface area contributed by atoms with Gasteiger partial charge in [-0.2, -0.15) is 0 Å². The smallest absolute Gasteiger partial charge is 0.222 e. The summed E-state index contributed by atoms with van der Waals surface area (Å²) in [5.41, 5.74) is 6.89. The van der Waals surface area contributed by atoms with Gasteiger partial charge in [-0.05, 0) is 31.5 Å². The highest BCUT2D eigenvalue weighted by atomic mass is 32.2. The molecule has 1 heterocycles. The summed E-state index contributed by atoms with van der Waals surface area (Å²) in [6, 6.07) is 7.38. The van der Waals surface area contributed by atoms with Gasteiger partial charge in [0.1, 0.15) is 5.75 Å². The molecule has 0 aliphatic carbocycles. The van der Waals surface area contributed by atoms with Crippen LogP contribution in [0.1, 0.15) is 25.5 Å². The molecule has 1 aromatic heterocycles. The molecule has 2 rings (SSSR count). The van der Waals surface area contributed by atoms with Crippen molar-refractivity contribution in [1.29, 1.82) is 0 Å². The van der Waals surface area contributed by atoms with Crippen LogP contribution in [0.3, 0.4) is 0 Å². The van der Waals surface area contributed by atoms with Gasteiger partial charge in [0.05, 0.1) is 0 Å². The third-order valence-electron chi connectivity index (χ3n) is 2.51. The van der Waals surface area contributed by atoms with E-state index in [9.17, 15) is 5.11 Å². The molecule has 0 fully saturated rings. The summed E-state index contributed by atoms with van der Waals surface area (Å²) in [4.78, 5) is 0. The van der Waals surface area contributed by atoms with Gasteiger partial charge >= 0.3 is 0 Å². The minimum absolute atomic E-state index is 0.238. The first-order valence-electron chi connectivity index (χ1n) is 5.69. The van der Waals surface area contributed by atoms with Gasteiger partial charge in [0.15, 0.2) is 5.16 Å². The van der Waals surface area contributed by atoms with Crippen LogP contribution in [-0.2, 0) is 5.75 Å². The summed E-state index contributed by atoms with van der Waals surface area (Å²) in [6.07, 6.45) is 0. The van der Waals surface area contributed by atoms with Gasteiger partial charge in [-0.3, -0.25) is 4.57 Å². The Kier molecular flexibility index (Phi) is 3.76. The number of aromatic nitrogens is 3. The molecule has 2 aromatic rings. The summed E-state index contributed by atoms with van der Waals surface area (Å²) >= 11 is 1.58. The number of anilines is 1. The molecule has 0 radical (unpaired) electrons. The number of benzene rings is 1. The van der Waals surface area contributed by atoms with Crippen molar-refractivity contribution >= 4 is 17.7 Å². The number of aromatic hydroxyl groups is 1. The highest BCUT2D eigenvalue weighted by Gasteiger charge is 2.12. The number of hydrogen-bond acceptors (Lipinski definition) is 5. The Morgan fingerprint density at radius 1 is 1.28 bits per heavy atom. The summed E-state index contributed by atoms with van der Waals surface area (Å²) < 4.78 is 1.91. The fraction of sp³-hybridized carbons (Fsp3) is 0.333. The maximum atomic E-state index is 9.21. The lowest BCUT2D eigenvalue weighted by molar-refractivity contribution is 0.475. The molecular weight excluding hydrogens is 248 g/mol. The lowest BCUT2D eigenvalue weighted by Crippen LogP contribution is -2.06. The Morgan fingerprint density at radius 3 is 2.56 bits per heavy atom. The molecule has 3 N–H and O–H groups in total. The van der Waals surface area contributed by atoms with Crippen LogP contribution < -0.4 is 5.73 Å². The molecule has 0 bridgehead atoms. The molecule has 0 atom stereocenters. The van der Waals surface area contributed by atoms with Crippen molar-refractivity contribution in [1.82, 2.24) is 14.8 Å². The molecule has 18 heavy (non-hydrogen) atoms. The van der Waals surface area contributed by atoms with E-state index in [4.69, 9.17) is 5.73 Å². The van der Waals surface area contributed by atoms with Crippen molar-refractivity contribution in [2.24, 2.45) is 0 Å². The van der Waals surface area contributed by atoms with E-state index in [-0.39, 0.29) is 11.8 Å². The van der Waals surface area contributed by atoms with Crippen molar-refractivity contribution in [3.05, 3.63) is 29.8 Å². The number of nitrogens with two attached hydrogens (primary N) is 1. The first-order valence-corrected chi connectivity index (χ1v) is 6.67. The molecule has 0 saturated heterocycles. The van der Waals surface area contributed by atoms with Crippen LogP contribution in [0, 0.1) is 0 Å². The zero-order chi connectivity index (χ0) is 13.1. The quantitative estimate of drug-likeness (QED) is 0.829. The first kappa shape index (κ1) is 12.8. The zero-order valence-electron chi connectivity index (χ0n) is 10.4. The Hall–Kier alpha value is -1.69. The summed E-state index contributed by atoms with van der Waals surface area (Å²) in [7, 11) is 0. The largest absolute Gasteiger partial charge is 0.508 e. The first-order chi connectivity index (χ1) is 8.58. The maximum absolute atomic E-state index is 9.21. The van der Waals surface area contributed by atoms with E-state index in [2.05, 4.69) is 10.2 Å². The summed E-state index contributed by atoms with van der Waals surface area (Å²) in [6.45, 7) is 4.09. The second-order valence-corrected chi connectivity index (χ2v) is 5.20. The molecule has 1 aromatic carbocycles. The lowest BCUT2D eigenvalue weighted by atomic mass is 10.2. The Balaban J connectivity index is 2.08. The van der Waals surface area contributed by atoms with E-state index < -0.39 is 0 Å². The lowest BCUT2D eigenvalue weighted by Gasteiger charge is -2.11. The molecule has 0 unspecified atom stereocenters. The van der Waals surface area contributed by atoms with Crippen molar-refractivity contribution in [3.8, 4) is 5.75 Å². The Bertz CT molecular complexity index is 521. The number of nitrogen functional groups attached to an aromatic ring is 1. The second-order valence-electron chi connectivity index (χ2n) is 4.26. The van der Waals surface area contributed by atoms with Crippen molar-refractivity contribution in [2.45, 2.75) is 30.8 Å². The number of rotatable bonds is 4. The third-order valence-corrected chi connectivity index (χ3v) is 3.53. The van der Waals surface area contributed by atoms with Crippen molar-refractivity contribution in [3.63, 3.8) is 0 Å². The van der Waals surface area contributed by atoms with Gasteiger partial charge in [-0.25, -0.2) is 0 Å². The normalized spacial score (nSPS) is 11.1. The Morgan fingerprint density at radius 2 is 1.94 bits per heavy atom. The predicted octanol–water partition coefficient (Wildman–Crippen LogP) is 2.44. The topological polar surface area (TPSA) is 77.0 Å². The minimum Gasteiger partial charge on any atom is -0.508 e. The van der Waals surface area contributed by atoms with Crippen LogP contribution in [0.4, 0.5) is 5.95 Å². The Labute approximate surface area is 110 Å². The van der Waals surface area contributed by atoms with Gasteiger partial charge in [-0.1, -0.05) is 23.9 Å². The highest BCUT2D eigenvalue weighted by molar-refractivity contribution is 7.98. The predicted molar refractivity (Wildman–Crippen MR) is 72.5 cm³/mol. The van der Waals surface area contributed by atoms with E-state index >= 15 is 0 Å². The van der Waals surface area contributed by atoms with Gasteiger partial charge in [0.25, 0.3) is 0 Å². The van der Waals surface area contributed by atoms with E-state index in [1.807, 2.05) is 30.5 Å². The van der Waals surface area contributed by atoms with Gasteiger partial charge in [0.2, 0.25) is 5.95 Å². The van der Waals surface area contributed by atoms with Gasteiger partial charge in [-0.15, -0.1) is 10.2 Å². The van der Waals surface area contributed by atoms with Crippen LogP contribution in [0.2, 0.25) is 0 Å². The average molecular weight is 264 g/mol. The van der Waals surface area contributed by atoms with Crippen LogP contribution in [0.25, 0.3) is 0 Å². The van der Waals surface area contributed by atoms with Crippen LogP contribution in [0.15, 0.2) is 29.4 Å². The highest BCUT2D eigenvalue weighted by Crippen LogP contribution is 2.26. The fourth-order valence-corrected chi connectivity index (χ4v) is 2.64. The summed E-state index contributed by atoms with van der Waals surface area (Å²) in [5.74, 6) is 1.49. The van der Waals surface area contributed by atoms with Crippen LogP contribution in [0.5, 0.6) is 5.75 Å². The molecule has 0 aliphatic rings. The molecule has 0 amide bonds. The molecule has 6 heteroatoms. The fourth-order valence-electron chi connectivity index (χ4n) is 1.61. The number of phenolic OH excluding ortho intramolecular Hbond substituents is 1. The van der Waals surface area contributed by atoms with E-state index in [0.717, 1.165) is 16.5 Å². The monoisotopic (exact) mass is 264 g/mol. The van der Waals surface area contributed by atoms with Crippen molar-refractivity contribution < 1.29 is 5.11 Å². The van der Waals surface area contributed by atoms with Gasteiger partial charge < -0.3 is 10.8 Å². The zero-order valence-corrected chi connectivity index (χ0v) is 11.2. The molecule has 0 spiro atoms. The van der Waals surface area contributed by atoms with Crippen molar-refractivity contribution in [2.75, 3.05) is 5.73 Å². The number of phenols is 1. The maximum Gasteiger partial charge on any atom is 0.222 e. The number of thioether (sulfide) groups is 1. The number of hydrogen-bond donors (Lipinski definition) is 2. The molecule has 0 saturated carbocycles. The summed E-state index contributed by atoms with van der Waals surface area (Å²) in [5, 5.41) is 18.0. The molecule has 5 nitrogen and oxygen atoms in total. The number of nitrogens with zero attached hydrogens (tertiary/aromatic N) is 3. The molecule has 0 aliphatic heterocycles. The van der Waals surface area contributed by atoms with E-state index in [0.29, 0.717) is 5.95 Å². The average Bonchev–Trinajstić information content (AvgIpc) is 2.70. The minimum atomic E-state index is 0.238. The third kappa shape index (κ3) is 2.76. The van der Waals surface area contributed by atoms with E-state index in [1.165, 1.54) is 0 Å². The SMILES string of the molecule is CC(C)n1c(N)nnc1SCc1ccc(O)cc1. The molecule has 96 valence electrons. The van der Waals surface area contributed by atoms with Gasteiger partial charge in [0, 0.05) is 11.8 Å². The van der Waals surface area contributed by atoms with Crippen LogP contribution in [-0.4, -0.2) is 19.9 Å². The molecular formula is C12H16N4OS.